The number of aromatic hydroxyl groups is 1. The number of hydrogen-bond donors (Lipinski definition) is 1. The fourth-order valence-electron chi connectivity index (χ4n) is 1.34. The minimum Gasteiger partial charge on any atom is -0.506 e. The molecule has 0 aliphatic carbocycles. The molecule has 0 bridgehead atoms. The molecule has 82 valence electrons. The number of benzene rings is 1. The third kappa shape index (κ3) is 1.92. The molecule has 1 aromatic carbocycles. The van der Waals surface area contributed by atoms with Crippen molar-refractivity contribution in [2.45, 2.75) is 0 Å². The predicted molar refractivity (Wildman–Crippen MR) is 62.4 cm³/mol. The standard InChI is InChI=1S/C12H10O3S/c1-15-10-7-9(13)12(16-10)11(14)8-5-3-2-4-6-8/h2-7,13H,1H3. The number of ketones is 1. The summed E-state index contributed by atoms with van der Waals surface area (Å²) in [5.74, 6) is -0.220. The number of thiophene rings is 1. The zero-order valence-electron chi connectivity index (χ0n) is 8.64. The molecule has 16 heavy (non-hydrogen) atoms. The van der Waals surface area contributed by atoms with Gasteiger partial charge in [-0.1, -0.05) is 41.7 Å². The summed E-state index contributed by atoms with van der Waals surface area (Å²) in [6.45, 7) is 0. The molecule has 3 nitrogen and oxygen atoms in total. The number of carbonyl (C=O) groups excluding carboxylic acids is 1. The lowest BCUT2D eigenvalue weighted by Crippen LogP contribution is -1.97. The van der Waals surface area contributed by atoms with Gasteiger partial charge in [0.1, 0.15) is 10.6 Å². The summed E-state index contributed by atoms with van der Waals surface area (Å²) in [7, 11) is 1.50. The highest BCUT2D eigenvalue weighted by Gasteiger charge is 2.17. The van der Waals surface area contributed by atoms with E-state index >= 15 is 0 Å². The Bertz CT molecular complexity index is 502. The number of ether oxygens (including phenoxy) is 1. The van der Waals surface area contributed by atoms with Crippen molar-refractivity contribution < 1.29 is 14.6 Å². The first-order chi connectivity index (χ1) is 7.72. The molecule has 2 rings (SSSR count). The van der Waals surface area contributed by atoms with Gasteiger partial charge in [-0.2, -0.15) is 0 Å². The number of hydrogen-bond acceptors (Lipinski definition) is 4. The molecule has 1 N–H and O–H groups in total. The molecular formula is C12H10O3S. The van der Waals surface area contributed by atoms with E-state index in [4.69, 9.17) is 4.74 Å². The van der Waals surface area contributed by atoms with Crippen molar-refractivity contribution in [1.82, 2.24) is 0 Å². The van der Waals surface area contributed by atoms with E-state index in [1.807, 2.05) is 6.07 Å². The minimum absolute atomic E-state index is 0.0318. The van der Waals surface area contributed by atoms with Gasteiger partial charge in [0.2, 0.25) is 5.78 Å². The molecule has 0 radical (unpaired) electrons. The molecular weight excluding hydrogens is 224 g/mol. The summed E-state index contributed by atoms with van der Waals surface area (Å²) in [5.41, 5.74) is 0.558. The Morgan fingerprint density at radius 1 is 1.31 bits per heavy atom. The van der Waals surface area contributed by atoms with Gasteiger partial charge >= 0.3 is 0 Å². The first-order valence-corrected chi connectivity index (χ1v) is 5.50. The molecule has 0 saturated carbocycles. The van der Waals surface area contributed by atoms with Gasteiger partial charge in [0.25, 0.3) is 0 Å². The van der Waals surface area contributed by atoms with Crippen LogP contribution in [0.15, 0.2) is 36.4 Å². The molecule has 4 heteroatoms. The molecule has 0 aliphatic rings. The van der Waals surface area contributed by atoms with Gasteiger partial charge < -0.3 is 9.84 Å². The summed E-state index contributed by atoms with van der Waals surface area (Å²) < 4.78 is 4.97. The molecule has 0 unspecified atom stereocenters. The maximum absolute atomic E-state index is 12.0. The van der Waals surface area contributed by atoms with Gasteiger partial charge in [-0.15, -0.1) is 0 Å². The van der Waals surface area contributed by atoms with Gasteiger partial charge in [0.05, 0.1) is 7.11 Å². The Kier molecular flexibility index (Phi) is 2.92. The molecule has 0 amide bonds. The summed E-state index contributed by atoms with van der Waals surface area (Å²) in [4.78, 5) is 12.3. The number of carbonyl (C=O) groups is 1. The van der Waals surface area contributed by atoms with Gasteiger partial charge in [0.15, 0.2) is 5.06 Å². The van der Waals surface area contributed by atoms with Crippen molar-refractivity contribution in [2.24, 2.45) is 0 Å². The van der Waals surface area contributed by atoms with Crippen LogP contribution in [0.2, 0.25) is 0 Å². The highest BCUT2D eigenvalue weighted by atomic mass is 32.1. The van der Waals surface area contributed by atoms with Crippen LogP contribution in [-0.2, 0) is 0 Å². The fourth-order valence-corrected chi connectivity index (χ4v) is 2.17. The van der Waals surface area contributed by atoms with E-state index in [9.17, 15) is 9.90 Å². The van der Waals surface area contributed by atoms with E-state index in [0.717, 1.165) is 11.3 Å². The highest BCUT2D eigenvalue weighted by Crippen LogP contribution is 2.35. The quantitative estimate of drug-likeness (QED) is 0.830. The van der Waals surface area contributed by atoms with E-state index < -0.39 is 0 Å². The van der Waals surface area contributed by atoms with Crippen molar-refractivity contribution >= 4 is 17.1 Å². The third-order valence-electron chi connectivity index (χ3n) is 2.13. The molecule has 0 spiro atoms. The zero-order chi connectivity index (χ0) is 11.5. The lowest BCUT2D eigenvalue weighted by Gasteiger charge is -1.97. The van der Waals surface area contributed by atoms with Gasteiger partial charge in [-0.3, -0.25) is 4.79 Å². The second kappa shape index (κ2) is 4.37. The van der Waals surface area contributed by atoms with Gasteiger partial charge in [-0.05, 0) is 0 Å². The molecule has 0 atom stereocenters. The van der Waals surface area contributed by atoms with Crippen LogP contribution in [0.3, 0.4) is 0 Å². The number of rotatable bonds is 3. The second-order valence-corrected chi connectivity index (χ2v) is 4.19. The average Bonchev–Trinajstić information content (AvgIpc) is 2.71. The van der Waals surface area contributed by atoms with E-state index in [1.54, 1.807) is 24.3 Å². The Morgan fingerprint density at radius 2 is 2.00 bits per heavy atom. The first kappa shape index (κ1) is 10.7. The third-order valence-corrected chi connectivity index (χ3v) is 3.22. The van der Waals surface area contributed by atoms with Crippen molar-refractivity contribution in [3.05, 3.63) is 46.8 Å². The Morgan fingerprint density at radius 3 is 2.56 bits per heavy atom. The fraction of sp³-hybridized carbons (Fsp3) is 0.0833. The lowest BCUT2D eigenvalue weighted by atomic mass is 10.1. The van der Waals surface area contributed by atoms with Crippen molar-refractivity contribution in [3.63, 3.8) is 0 Å². The van der Waals surface area contributed by atoms with Crippen LogP contribution >= 0.6 is 11.3 Å². The molecule has 1 heterocycles. The Labute approximate surface area is 96.9 Å². The van der Waals surface area contributed by atoms with Crippen LogP contribution in [0.4, 0.5) is 0 Å². The van der Waals surface area contributed by atoms with Gasteiger partial charge in [0, 0.05) is 11.6 Å². The van der Waals surface area contributed by atoms with Crippen LogP contribution in [0, 0.1) is 0 Å². The topological polar surface area (TPSA) is 46.5 Å². The Balaban J connectivity index is 2.38. The second-order valence-electron chi connectivity index (χ2n) is 3.18. The largest absolute Gasteiger partial charge is 0.506 e. The lowest BCUT2D eigenvalue weighted by molar-refractivity contribution is 0.104. The summed E-state index contributed by atoms with van der Waals surface area (Å²) in [5, 5.41) is 10.1. The van der Waals surface area contributed by atoms with Crippen LogP contribution in [-0.4, -0.2) is 18.0 Å². The minimum atomic E-state index is -0.189. The van der Waals surface area contributed by atoms with E-state index in [1.165, 1.54) is 13.2 Å². The molecule has 0 fully saturated rings. The molecule has 2 aromatic rings. The highest BCUT2D eigenvalue weighted by molar-refractivity contribution is 7.16. The maximum atomic E-state index is 12.0. The van der Waals surface area contributed by atoms with Crippen molar-refractivity contribution in [1.29, 1.82) is 0 Å². The molecule has 0 aliphatic heterocycles. The summed E-state index contributed by atoms with van der Waals surface area (Å²) >= 11 is 1.14. The molecule has 0 saturated heterocycles. The van der Waals surface area contributed by atoms with Crippen LogP contribution < -0.4 is 4.74 Å². The first-order valence-electron chi connectivity index (χ1n) is 4.69. The van der Waals surface area contributed by atoms with Crippen LogP contribution in [0.25, 0.3) is 0 Å². The molecule has 1 aromatic heterocycles. The Hall–Kier alpha value is -1.81. The smallest absolute Gasteiger partial charge is 0.206 e. The summed E-state index contributed by atoms with van der Waals surface area (Å²) in [6, 6.07) is 10.3. The van der Waals surface area contributed by atoms with Gasteiger partial charge in [-0.25, -0.2) is 0 Å². The maximum Gasteiger partial charge on any atom is 0.206 e. The number of methoxy groups -OCH3 is 1. The predicted octanol–water partition coefficient (Wildman–Crippen LogP) is 2.69. The average molecular weight is 234 g/mol. The normalized spacial score (nSPS) is 10.1. The zero-order valence-corrected chi connectivity index (χ0v) is 9.45. The van der Waals surface area contributed by atoms with Crippen LogP contribution in [0.1, 0.15) is 15.2 Å². The summed E-state index contributed by atoms with van der Waals surface area (Å²) in [6.07, 6.45) is 0. The van der Waals surface area contributed by atoms with Crippen LogP contribution in [0.5, 0.6) is 10.8 Å². The van der Waals surface area contributed by atoms with E-state index in [-0.39, 0.29) is 11.5 Å². The monoisotopic (exact) mass is 234 g/mol. The van der Waals surface area contributed by atoms with Crippen molar-refractivity contribution in [3.8, 4) is 10.8 Å². The van der Waals surface area contributed by atoms with Crippen molar-refractivity contribution in [2.75, 3.05) is 7.11 Å². The SMILES string of the molecule is COc1cc(O)c(C(=O)c2ccccc2)s1. The van der Waals surface area contributed by atoms with E-state index in [2.05, 4.69) is 0 Å². The van der Waals surface area contributed by atoms with E-state index in [0.29, 0.717) is 15.5 Å².